The van der Waals surface area contributed by atoms with Gasteiger partial charge in [-0.25, -0.2) is 0 Å². The lowest BCUT2D eigenvalue weighted by molar-refractivity contribution is 0.0997. The summed E-state index contributed by atoms with van der Waals surface area (Å²) < 4.78 is 5.19. The number of primary amides is 1. The number of hydrogen-bond donors (Lipinski definition) is 2. The summed E-state index contributed by atoms with van der Waals surface area (Å²) >= 11 is 0. The Kier molecular flexibility index (Phi) is 4.70. The molecule has 3 N–H and O–H groups in total. The third-order valence-corrected chi connectivity index (χ3v) is 3.49. The lowest BCUT2D eigenvalue weighted by atomic mass is 10.1. The van der Waals surface area contributed by atoms with Gasteiger partial charge in [-0.2, -0.15) is 0 Å². The maximum atomic E-state index is 12.2. The Morgan fingerprint density at radius 1 is 1.52 bits per heavy atom. The van der Waals surface area contributed by atoms with E-state index < -0.39 is 5.91 Å². The number of nitrogens with zero attached hydrogens (tertiary/aromatic N) is 1. The molecule has 112 valence electrons. The number of H-pyrrole nitrogens is 1. The molecule has 1 unspecified atom stereocenters. The van der Waals surface area contributed by atoms with E-state index in [1.165, 1.54) is 12.3 Å². The first-order chi connectivity index (χ1) is 10.0. The molecule has 6 heteroatoms. The van der Waals surface area contributed by atoms with Crippen molar-refractivity contribution in [2.75, 3.05) is 7.11 Å². The highest BCUT2D eigenvalue weighted by Crippen LogP contribution is 2.13. The van der Waals surface area contributed by atoms with Crippen LogP contribution in [0.5, 0.6) is 0 Å². The number of rotatable bonds is 6. The molecule has 0 aliphatic carbocycles. The van der Waals surface area contributed by atoms with Gasteiger partial charge >= 0.3 is 0 Å². The van der Waals surface area contributed by atoms with Crippen molar-refractivity contribution in [3.05, 3.63) is 39.9 Å². The van der Waals surface area contributed by atoms with E-state index in [1.54, 1.807) is 13.2 Å². The molecular weight excluding hydrogens is 270 g/mol. The number of amides is 1. The second-order valence-corrected chi connectivity index (χ2v) is 5.04. The highest BCUT2D eigenvalue weighted by atomic mass is 16.5. The molecule has 0 fully saturated rings. The summed E-state index contributed by atoms with van der Waals surface area (Å²) in [6, 6.07) is 3.18. The van der Waals surface area contributed by atoms with Crippen LogP contribution in [0.25, 0.3) is 10.9 Å². The summed E-state index contributed by atoms with van der Waals surface area (Å²) in [5, 5.41) is 0.249. The van der Waals surface area contributed by atoms with Crippen molar-refractivity contribution < 1.29 is 9.53 Å². The Balaban J connectivity index is 2.29. The maximum Gasteiger partial charge on any atom is 0.268 e. The van der Waals surface area contributed by atoms with Gasteiger partial charge < -0.3 is 15.5 Å². The third kappa shape index (κ3) is 3.46. The van der Waals surface area contributed by atoms with Crippen LogP contribution in [0, 0.1) is 0 Å². The number of nitrogens with two attached hydrogens (primary N) is 1. The standard InChI is InChI=1S/C15H19N3O3/c1-9(21-2)4-3-5-10-8-12(19)13-11(18-10)6-7-17-14(13)15(16)20/h6-9H,3-5H2,1-2H3,(H2,16,20)(H,18,19). The Bertz CT molecular complexity index is 709. The van der Waals surface area contributed by atoms with Crippen LogP contribution in [0.4, 0.5) is 0 Å². The van der Waals surface area contributed by atoms with Gasteiger partial charge in [0.2, 0.25) is 0 Å². The molecule has 2 aromatic heterocycles. The van der Waals surface area contributed by atoms with Gasteiger partial charge in [0.25, 0.3) is 5.91 Å². The average Bonchev–Trinajstić information content (AvgIpc) is 2.46. The van der Waals surface area contributed by atoms with E-state index in [0.29, 0.717) is 5.52 Å². The summed E-state index contributed by atoms with van der Waals surface area (Å²) in [6.45, 7) is 2.01. The number of fused-ring (bicyclic) bond motifs is 1. The number of carbonyl (C=O) groups excluding carboxylic acids is 1. The molecule has 0 saturated carbocycles. The fourth-order valence-electron chi connectivity index (χ4n) is 2.27. The molecule has 0 aliphatic heterocycles. The summed E-state index contributed by atoms with van der Waals surface area (Å²) in [5.74, 6) is -0.701. The van der Waals surface area contributed by atoms with Crippen LogP contribution < -0.4 is 11.2 Å². The maximum absolute atomic E-state index is 12.2. The first-order valence-corrected chi connectivity index (χ1v) is 6.86. The quantitative estimate of drug-likeness (QED) is 0.839. The molecule has 0 bridgehead atoms. The Morgan fingerprint density at radius 2 is 2.29 bits per heavy atom. The van der Waals surface area contributed by atoms with Crippen LogP contribution in [0.2, 0.25) is 0 Å². The van der Waals surface area contributed by atoms with Crippen molar-refractivity contribution in [1.29, 1.82) is 0 Å². The summed E-state index contributed by atoms with van der Waals surface area (Å²) in [6.07, 6.45) is 4.23. The Hall–Kier alpha value is -2.21. The van der Waals surface area contributed by atoms with Gasteiger partial charge in [-0.1, -0.05) is 0 Å². The summed E-state index contributed by atoms with van der Waals surface area (Å²) in [7, 11) is 1.68. The molecule has 1 atom stereocenters. The minimum absolute atomic E-state index is 0.00769. The molecule has 0 aromatic carbocycles. The van der Waals surface area contributed by atoms with Gasteiger partial charge in [-0.15, -0.1) is 0 Å². The zero-order valence-electron chi connectivity index (χ0n) is 12.2. The number of ether oxygens (including phenoxy) is 1. The van der Waals surface area contributed by atoms with Crippen LogP contribution in [0.15, 0.2) is 23.1 Å². The first kappa shape index (κ1) is 15.2. The molecule has 21 heavy (non-hydrogen) atoms. The van der Waals surface area contributed by atoms with Crippen LogP contribution in [-0.2, 0) is 11.2 Å². The lowest BCUT2D eigenvalue weighted by Crippen LogP contribution is -2.18. The molecular formula is C15H19N3O3. The van der Waals surface area contributed by atoms with Crippen molar-refractivity contribution in [2.24, 2.45) is 5.73 Å². The van der Waals surface area contributed by atoms with Gasteiger partial charge in [0.1, 0.15) is 5.69 Å². The monoisotopic (exact) mass is 289 g/mol. The zero-order chi connectivity index (χ0) is 15.4. The highest BCUT2D eigenvalue weighted by molar-refractivity contribution is 6.03. The fraction of sp³-hybridized carbons (Fsp3) is 0.400. The number of aryl methyl sites for hydroxylation is 1. The Morgan fingerprint density at radius 3 is 2.95 bits per heavy atom. The minimum Gasteiger partial charge on any atom is -0.382 e. The Labute approximate surface area is 122 Å². The van der Waals surface area contributed by atoms with E-state index in [4.69, 9.17) is 10.5 Å². The molecule has 2 rings (SSSR count). The number of carbonyl (C=O) groups is 1. The number of methoxy groups -OCH3 is 1. The second kappa shape index (κ2) is 6.49. The first-order valence-electron chi connectivity index (χ1n) is 6.86. The SMILES string of the molecule is COC(C)CCCc1cc(=O)c2c(C(N)=O)nccc2[nH]1. The average molecular weight is 289 g/mol. The normalized spacial score (nSPS) is 12.5. The topological polar surface area (TPSA) is 98.1 Å². The van der Waals surface area contributed by atoms with E-state index in [2.05, 4.69) is 9.97 Å². The van der Waals surface area contributed by atoms with E-state index >= 15 is 0 Å². The van der Waals surface area contributed by atoms with E-state index in [-0.39, 0.29) is 22.6 Å². The van der Waals surface area contributed by atoms with Crippen molar-refractivity contribution in [3.63, 3.8) is 0 Å². The van der Waals surface area contributed by atoms with Crippen molar-refractivity contribution in [1.82, 2.24) is 9.97 Å². The molecule has 0 radical (unpaired) electrons. The number of pyridine rings is 2. The lowest BCUT2D eigenvalue weighted by Gasteiger charge is -2.09. The van der Waals surface area contributed by atoms with Crippen LogP contribution >= 0.6 is 0 Å². The molecule has 2 aromatic rings. The number of hydrogen-bond acceptors (Lipinski definition) is 4. The smallest absolute Gasteiger partial charge is 0.268 e. The molecule has 1 amide bonds. The second-order valence-electron chi connectivity index (χ2n) is 5.04. The highest BCUT2D eigenvalue weighted by Gasteiger charge is 2.12. The fourth-order valence-corrected chi connectivity index (χ4v) is 2.27. The number of nitrogens with one attached hydrogen (secondary N) is 1. The largest absolute Gasteiger partial charge is 0.382 e. The molecule has 0 aliphatic rings. The molecule has 2 heterocycles. The van der Waals surface area contributed by atoms with E-state index in [1.807, 2.05) is 6.92 Å². The van der Waals surface area contributed by atoms with Crippen LogP contribution in [0.1, 0.15) is 35.9 Å². The molecule has 6 nitrogen and oxygen atoms in total. The van der Waals surface area contributed by atoms with Crippen molar-refractivity contribution in [2.45, 2.75) is 32.3 Å². The van der Waals surface area contributed by atoms with Gasteiger partial charge in [-0.3, -0.25) is 14.6 Å². The third-order valence-electron chi connectivity index (χ3n) is 3.49. The van der Waals surface area contributed by atoms with Gasteiger partial charge in [0.05, 0.1) is 17.0 Å². The summed E-state index contributed by atoms with van der Waals surface area (Å²) in [5.41, 5.74) is 6.43. The van der Waals surface area contributed by atoms with Gasteiger partial charge in [0.15, 0.2) is 5.43 Å². The van der Waals surface area contributed by atoms with E-state index in [9.17, 15) is 9.59 Å². The number of aromatic nitrogens is 2. The van der Waals surface area contributed by atoms with E-state index in [0.717, 1.165) is 25.0 Å². The summed E-state index contributed by atoms with van der Waals surface area (Å²) in [4.78, 5) is 30.6. The van der Waals surface area contributed by atoms with Crippen molar-refractivity contribution in [3.8, 4) is 0 Å². The molecule has 0 spiro atoms. The van der Waals surface area contributed by atoms with Crippen molar-refractivity contribution >= 4 is 16.8 Å². The van der Waals surface area contributed by atoms with Crippen LogP contribution in [0.3, 0.4) is 0 Å². The zero-order valence-corrected chi connectivity index (χ0v) is 12.2. The number of aromatic amines is 1. The predicted octanol–water partition coefficient (Wildman–Crippen LogP) is 1.38. The minimum atomic E-state index is -0.701. The van der Waals surface area contributed by atoms with Gasteiger partial charge in [0, 0.05) is 25.1 Å². The molecule has 0 saturated heterocycles. The van der Waals surface area contributed by atoms with Gasteiger partial charge in [-0.05, 0) is 32.3 Å². The van der Waals surface area contributed by atoms with Crippen LogP contribution in [-0.4, -0.2) is 29.1 Å². The predicted molar refractivity (Wildman–Crippen MR) is 80.3 cm³/mol.